The minimum absolute atomic E-state index is 0.147. The molecule has 1 aliphatic heterocycles. The predicted molar refractivity (Wildman–Crippen MR) is 102 cm³/mol. The fraction of sp³-hybridized carbons (Fsp3) is 0.722. The third-order valence-corrected chi connectivity index (χ3v) is 10.9. The lowest BCUT2D eigenvalue weighted by Gasteiger charge is -2.52. The molecule has 126 valence electrons. The Labute approximate surface area is 151 Å². The zero-order valence-electron chi connectivity index (χ0n) is 13.6. The Morgan fingerprint density at radius 3 is 2.57 bits per heavy atom. The molecule has 1 spiro atoms. The van der Waals surface area contributed by atoms with E-state index < -0.39 is 0 Å². The first-order valence-corrected chi connectivity index (χ1v) is 11.7. The highest BCUT2D eigenvalue weighted by atomic mass is 32.2. The van der Waals surface area contributed by atoms with Crippen LogP contribution in [0, 0.1) is 17.8 Å². The van der Waals surface area contributed by atoms with Gasteiger partial charge in [-0.05, 0) is 55.9 Å². The van der Waals surface area contributed by atoms with E-state index in [9.17, 15) is 4.79 Å². The van der Waals surface area contributed by atoms with Crippen LogP contribution in [-0.4, -0.2) is 21.5 Å². The second-order valence-corrected chi connectivity index (χ2v) is 11.1. The molecule has 3 fully saturated rings. The number of nitrogens with one attached hydrogen (secondary N) is 1. The summed E-state index contributed by atoms with van der Waals surface area (Å²) in [5.74, 6) is 4.65. The van der Waals surface area contributed by atoms with Gasteiger partial charge in [0.25, 0.3) is 0 Å². The highest BCUT2D eigenvalue weighted by Gasteiger charge is 2.55. The van der Waals surface area contributed by atoms with E-state index in [2.05, 4.69) is 53.3 Å². The molecule has 1 saturated heterocycles. The van der Waals surface area contributed by atoms with Crippen LogP contribution in [0.15, 0.2) is 17.5 Å². The number of hydrogen-bond donors (Lipinski definition) is 1. The Bertz CT molecular complexity index is 537. The first kappa shape index (κ1) is 16.3. The number of hydrogen-bond acceptors (Lipinski definition) is 4. The molecule has 2 heterocycles. The number of carbonyl (C=O) groups excluding carboxylic acids is 1. The number of rotatable bonds is 3. The molecule has 3 aliphatic rings. The van der Waals surface area contributed by atoms with Crippen LogP contribution >= 0.6 is 34.9 Å². The largest absolute Gasteiger partial charge is 0.349 e. The SMILES string of the molecule is CC(NC(=O)C1CC2CCCC(C1)C21SCCS1)c1cccs1. The maximum atomic E-state index is 12.8. The summed E-state index contributed by atoms with van der Waals surface area (Å²) >= 11 is 6.16. The van der Waals surface area contributed by atoms with Crippen LogP contribution in [0.3, 0.4) is 0 Å². The first-order valence-electron chi connectivity index (χ1n) is 8.81. The minimum atomic E-state index is 0.147. The molecule has 3 unspecified atom stereocenters. The summed E-state index contributed by atoms with van der Waals surface area (Å²) in [7, 11) is 0. The number of carbonyl (C=O) groups is 1. The zero-order valence-corrected chi connectivity index (χ0v) is 16.1. The summed E-state index contributed by atoms with van der Waals surface area (Å²) in [4.78, 5) is 14.1. The van der Waals surface area contributed by atoms with Gasteiger partial charge in [0.05, 0.1) is 10.1 Å². The lowest BCUT2D eigenvalue weighted by atomic mass is 9.67. The van der Waals surface area contributed by atoms with E-state index in [1.807, 2.05) is 0 Å². The monoisotopic (exact) mass is 367 g/mol. The van der Waals surface area contributed by atoms with Crippen molar-refractivity contribution in [3.8, 4) is 0 Å². The molecule has 1 amide bonds. The lowest BCUT2D eigenvalue weighted by Crippen LogP contribution is -2.49. The predicted octanol–water partition coefficient (Wildman–Crippen LogP) is 4.93. The van der Waals surface area contributed by atoms with E-state index in [-0.39, 0.29) is 12.0 Å². The van der Waals surface area contributed by atoms with Gasteiger partial charge in [0.15, 0.2) is 0 Å². The second kappa shape index (κ2) is 6.64. The summed E-state index contributed by atoms with van der Waals surface area (Å²) in [6.45, 7) is 2.11. The van der Waals surface area contributed by atoms with Crippen molar-refractivity contribution in [2.45, 2.75) is 49.1 Å². The van der Waals surface area contributed by atoms with Crippen LogP contribution in [0.1, 0.15) is 49.9 Å². The summed E-state index contributed by atoms with van der Waals surface area (Å²) in [5.41, 5.74) is 0. The fourth-order valence-electron chi connectivity index (χ4n) is 4.76. The topological polar surface area (TPSA) is 29.1 Å². The molecule has 4 rings (SSSR count). The smallest absolute Gasteiger partial charge is 0.223 e. The molecule has 1 aromatic heterocycles. The van der Waals surface area contributed by atoms with Crippen LogP contribution in [0.25, 0.3) is 0 Å². The van der Waals surface area contributed by atoms with Gasteiger partial charge >= 0.3 is 0 Å². The zero-order chi connectivity index (χ0) is 15.9. The third kappa shape index (κ3) is 2.98. The third-order valence-electron chi connectivity index (χ3n) is 5.82. The van der Waals surface area contributed by atoms with Crippen LogP contribution in [0.5, 0.6) is 0 Å². The van der Waals surface area contributed by atoms with Gasteiger partial charge in [-0.15, -0.1) is 34.9 Å². The highest BCUT2D eigenvalue weighted by Crippen LogP contribution is 2.64. The molecule has 23 heavy (non-hydrogen) atoms. The van der Waals surface area contributed by atoms with Gasteiger partial charge in [-0.1, -0.05) is 12.5 Å². The molecule has 5 heteroatoms. The second-order valence-electron chi connectivity index (χ2n) is 7.16. The fourth-order valence-corrected chi connectivity index (χ4v) is 9.43. The van der Waals surface area contributed by atoms with Crippen molar-refractivity contribution in [2.75, 3.05) is 11.5 Å². The first-order chi connectivity index (χ1) is 11.2. The standard InChI is InChI=1S/C18H25NOS3/c1-12(16-6-3-7-21-16)19-17(20)13-10-14-4-2-5-15(11-13)18(14)22-8-9-23-18/h3,6-7,12-15H,2,4-5,8-11H2,1H3,(H,19,20). The van der Waals surface area contributed by atoms with Crippen molar-refractivity contribution >= 4 is 40.8 Å². The van der Waals surface area contributed by atoms with Crippen LogP contribution in [0.2, 0.25) is 0 Å². The molecular weight excluding hydrogens is 342 g/mol. The molecular formula is C18H25NOS3. The van der Waals surface area contributed by atoms with Gasteiger partial charge in [-0.2, -0.15) is 0 Å². The highest BCUT2D eigenvalue weighted by molar-refractivity contribution is 8.21. The van der Waals surface area contributed by atoms with Crippen LogP contribution < -0.4 is 5.32 Å². The lowest BCUT2D eigenvalue weighted by molar-refractivity contribution is -0.128. The van der Waals surface area contributed by atoms with Crippen molar-refractivity contribution in [2.24, 2.45) is 17.8 Å². The van der Waals surface area contributed by atoms with E-state index in [1.54, 1.807) is 11.3 Å². The molecule has 0 aromatic carbocycles. The average molecular weight is 368 g/mol. The molecule has 2 saturated carbocycles. The van der Waals surface area contributed by atoms with Crippen molar-refractivity contribution in [1.82, 2.24) is 5.32 Å². The van der Waals surface area contributed by atoms with Crippen molar-refractivity contribution in [1.29, 1.82) is 0 Å². The Balaban J connectivity index is 1.44. The Hall–Kier alpha value is -0.130. The van der Waals surface area contributed by atoms with Gasteiger partial charge in [0, 0.05) is 22.3 Å². The summed E-state index contributed by atoms with van der Waals surface area (Å²) in [5, 5.41) is 5.36. The van der Waals surface area contributed by atoms with Gasteiger partial charge < -0.3 is 5.32 Å². The molecule has 0 radical (unpaired) electrons. The molecule has 1 N–H and O–H groups in total. The molecule has 2 nitrogen and oxygen atoms in total. The van der Waals surface area contributed by atoms with Crippen molar-refractivity contribution < 1.29 is 4.79 Å². The Morgan fingerprint density at radius 1 is 1.26 bits per heavy atom. The maximum absolute atomic E-state index is 12.8. The number of amides is 1. The number of thiophene rings is 1. The van der Waals surface area contributed by atoms with Crippen LogP contribution in [0.4, 0.5) is 0 Å². The average Bonchev–Trinajstić information content (AvgIpc) is 3.18. The minimum Gasteiger partial charge on any atom is -0.349 e. The van der Waals surface area contributed by atoms with Gasteiger partial charge in [-0.3, -0.25) is 4.79 Å². The molecule has 2 bridgehead atoms. The summed E-state index contributed by atoms with van der Waals surface area (Å²) in [6, 6.07) is 4.33. The van der Waals surface area contributed by atoms with Gasteiger partial charge in [-0.25, -0.2) is 0 Å². The quantitative estimate of drug-likeness (QED) is 0.821. The van der Waals surface area contributed by atoms with E-state index in [4.69, 9.17) is 0 Å². The van der Waals surface area contributed by atoms with Gasteiger partial charge in [0.2, 0.25) is 5.91 Å². The normalized spacial score (nSPS) is 33.5. The van der Waals surface area contributed by atoms with E-state index in [1.165, 1.54) is 35.6 Å². The Morgan fingerprint density at radius 2 is 1.96 bits per heavy atom. The maximum Gasteiger partial charge on any atom is 0.223 e. The Kier molecular flexibility index (Phi) is 4.72. The molecule has 3 atom stereocenters. The van der Waals surface area contributed by atoms with Crippen molar-refractivity contribution in [3.05, 3.63) is 22.4 Å². The van der Waals surface area contributed by atoms with Crippen LogP contribution in [-0.2, 0) is 4.79 Å². The summed E-state index contributed by atoms with van der Waals surface area (Å²) in [6.07, 6.45) is 6.26. The van der Waals surface area contributed by atoms with Crippen molar-refractivity contribution in [3.63, 3.8) is 0 Å². The van der Waals surface area contributed by atoms with E-state index >= 15 is 0 Å². The van der Waals surface area contributed by atoms with E-state index in [0.29, 0.717) is 9.99 Å². The molecule has 2 aliphatic carbocycles. The van der Waals surface area contributed by atoms with E-state index in [0.717, 1.165) is 24.7 Å². The van der Waals surface area contributed by atoms with Gasteiger partial charge in [0.1, 0.15) is 0 Å². The summed E-state index contributed by atoms with van der Waals surface area (Å²) < 4.78 is 0.467. The molecule has 1 aromatic rings. The number of thioether (sulfide) groups is 2.